The van der Waals surface area contributed by atoms with Gasteiger partial charge in [0.1, 0.15) is 5.67 Å². The number of hydrogen-bond donors (Lipinski definition) is 1. The van der Waals surface area contributed by atoms with Gasteiger partial charge in [-0.1, -0.05) is 23.2 Å². The average molecular weight is 399 g/mol. The number of amides is 1. The van der Waals surface area contributed by atoms with Gasteiger partial charge < -0.3 is 5.32 Å². The summed E-state index contributed by atoms with van der Waals surface area (Å²) in [6.45, 7) is 1.95. The van der Waals surface area contributed by atoms with Crippen molar-refractivity contribution >= 4 is 29.1 Å². The quantitative estimate of drug-likeness (QED) is 0.838. The van der Waals surface area contributed by atoms with Crippen LogP contribution in [0.3, 0.4) is 0 Å². The number of carbonyl (C=O) groups excluding carboxylic acids is 1. The zero-order valence-electron chi connectivity index (χ0n) is 14.5. The van der Waals surface area contributed by atoms with Crippen LogP contribution in [0.2, 0.25) is 10.0 Å². The fourth-order valence-corrected chi connectivity index (χ4v) is 3.62. The van der Waals surface area contributed by atoms with Gasteiger partial charge in [0.15, 0.2) is 0 Å². The molecule has 0 bridgehead atoms. The molecule has 0 unspecified atom stereocenters. The smallest absolute Gasteiger partial charge is 0.251 e. The first-order valence-electron chi connectivity index (χ1n) is 8.47. The van der Waals surface area contributed by atoms with E-state index in [2.05, 4.69) is 15.3 Å². The van der Waals surface area contributed by atoms with E-state index < -0.39 is 5.67 Å². The Kier molecular flexibility index (Phi) is 5.85. The molecule has 0 radical (unpaired) electrons. The third-order valence-electron chi connectivity index (χ3n) is 4.60. The molecule has 0 saturated carbocycles. The molecule has 8 heteroatoms. The van der Waals surface area contributed by atoms with E-state index in [0.717, 1.165) is 5.69 Å². The highest BCUT2D eigenvalue weighted by Crippen LogP contribution is 2.27. The lowest BCUT2D eigenvalue weighted by molar-refractivity contribution is 0.0512. The van der Waals surface area contributed by atoms with Crippen LogP contribution in [0.5, 0.6) is 0 Å². The summed E-state index contributed by atoms with van der Waals surface area (Å²) in [5.41, 5.74) is -0.0952. The Morgan fingerprint density at radius 2 is 1.92 bits per heavy atom. The molecule has 0 atom stereocenters. The summed E-state index contributed by atoms with van der Waals surface area (Å²) >= 11 is 11.8. The van der Waals surface area contributed by atoms with Gasteiger partial charge in [-0.3, -0.25) is 14.4 Å². The molecule has 140 valence electrons. The summed E-state index contributed by atoms with van der Waals surface area (Å²) in [5, 5.41) is 7.77. The minimum atomic E-state index is -1.40. The predicted molar refractivity (Wildman–Crippen MR) is 100 cm³/mol. The first-order chi connectivity index (χ1) is 12.3. The Morgan fingerprint density at radius 3 is 2.50 bits per heavy atom. The lowest BCUT2D eigenvalue weighted by atomic mass is 9.93. The van der Waals surface area contributed by atoms with E-state index in [1.54, 1.807) is 10.7 Å². The predicted octanol–water partition coefficient (Wildman–Crippen LogP) is 3.46. The Morgan fingerprint density at radius 1 is 1.27 bits per heavy atom. The summed E-state index contributed by atoms with van der Waals surface area (Å²) in [6, 6.07) is 6.55. The molecule has 2 heterocycles. The molecule has 1 aliphatic rings. The van der Waals surface area contributed by atoms with Crippen LogP contribution in [-0.4, -0.2) is 45.9 Å². The molecule has 1 N–H and O–H groups in total. The van der Waals surface area contributed by atoms with Gasteiger partial charge in [-0.15, -0.1) is 0 Å². The monoisotopic (exact) mass is 398 g/mol. The summed E-state index contributed by atoms with van der Waals surface area (Å²) in [7, 11) is 1.88. The van der Waals surface area contributed by atoms with E-state index in [0.29, 0.717) is 48.1 Å². The first-order valence-corrected chi connectivity index (χ1v) is 9.23. The number of piperidine rings is 1. The number of aromatic nitrogens is 2. The summed E-state index contributed by atoms with van der Waals surface area (Å²) in [5.74, 6) is -0.373. The van der Waals surface area contributed by atoms with Crippen molar-refractivity contribution in [3.63, 3.8) is 0 Å². The second-order valence-corrected chi connectivity index (χ2v) is 7.62. The Balaban J connectivity index is 1.50. The van der Waals surface area contributed by atoms with Gasteiger partial charge in [-0.05, 0) is 37.1 Å². The van der Waals surface area contributed by atoms with Crippen LogP contribution in [0, 0.1) is 0 Å². The highest BCUT2D eigenvalue weighted by molar-refractivity contribution is 6.35. The molecule has 1 aliphatic heterocycles. The molecule has 3 rings (SSSR count). The molecule has 5 nitrogen and oxygen atoms in total. The third-order valence-corrected chi connectivity index (χ3v) is 5.03. The second kappa shape index (κ2) is 7.94. The molecular formula is C18H21Cl2FN4O. The van der Waals surface area contributed by atoms with Crippen molar-refractivity contribution in [2.75, 3.05) is 19.6 Å². The van der Waals surface area contributed by atoms with Crippen molar-refractivity contribution in [1.82, 2.24) is 20.0 Å². The number of nitrogens with zero attached hydrogens (tertiary/aromatic N) is 3. The molecule has 1 saturated heterocycles. The number of hydrogen-bond acceptors (Lipinski definition) is 3. The molecule has 26 heavy (non-hydrogen) atoms. The number of halogens is 3. The Hall–Kier alpha value is -1.63. The van der Waals surface area contributed by atoms with E-state index in [4.69, 9.17) is 23.2 Å². The van der Waals surface area contributed by atoms with E-state index in [1.807, 2.05) is 19.3 Å². The van der Waals surface area contributed by atoms with Crippen molar-refractivity contribution in [3.8, 4) is 0 Å². The largest absolute Gasteiger partial charge is 0.349 e. The third kappa shape index (κ3) is 4.96. The van der Waals surface area contributed by atoms with Gasteiger partial charge in [0.25, 0.3) is 5.91 Å². The van der Waals surface area contributed by atoms with E-state index >= 15 is 4.39 Å². The van der Waals surface area contributed by atoms with E-state index in [9.17, 15) is 4.79 Å². The fraction of sp³-hybridized carbons (Fsp3) is 0.444. The number of aryl methyl sites for hydroxylation is 1. The normalized spacial score (nSPS) is 17.2. The summed E-state index contributed by atoms with van der Waals surface area (Å²) < 4.78 is 16.8. The second-order valence-electron chi connectivity index (χ2n) is 6.75. The van der Waals surface area contributed by atoms with Crippen LogP contribution in [0.1, 0.15) is 28.9 Å². The number of likely N-dealkylation sites (tertiary alicyclic amines) is 1. The Bertz CT molecular complexity index is 767. The maximum Gasteiger partial charge on any atom is 0.251 e. The molecular weight excluding hydrogens is 378 g/mol. The van der Waals surface area contributed by atoms with Crippen molar-refractivity contribution in [3.05, 3.63) is 51.8 Å². The molecule has 1 fully saturated rings. The van der Waals surface area contributed by atoms with Crippen molar-refractivity contribution in [2.45, 2.75) is 25.1 Å². The van der Waals surface area contributed by atoms with Gasteiger partial charge in [0.05, 0.1) is 12.2 Å². The molecule has 1 amide bonds. The van der Waals surface area contributed by atoms with Crippen molar-refractivity contribution < 1.29 is 9.18 Å². The Labute approximate surface area is 162 Å². The number of carbonyl (C=O) groups is 1. The highest BCUT2D eigenvalue weighted by Gasteiger charge is 2.35. The lowest BCUT2D eigenvalue weighted by Gasteiger charge is -2.36. The molecule has 0 aliphatic carbocycles. The van der Waals surface area contributed by atoms with Crippen LogP contribution in [0.25, 0.3) is 0 Å². The number of benzene rings is 1. The lowest BCUT2D eigenvalue weighted by Crippen LogP contribution is -2.48. The average Bonchev–Trinajstić information content (AvgIpc) is 2.99. The van der Waals surface area contributed by atoms with Crippen LogP contribution in [-0.2, 0) is 13.6 Å². The van der Waals surface area contributed by atoms with Crippen LogP contribution in [0.15, 0.2) is 30.5 Å². The van der Waals surface area contributed by atoms with Crippen molar-refractivity contribution in [1.29, 1.82) is 0 Å². The topological polar surface area (TPSA) is 50.2 Å². The molecule has 1 aromatic heterocycles. The molecule has 1 aromatic carbocycles. The standard InChI is InChI=1S/C18H21Cl2FN4O/c1-24-5-2-16(23-24)11-25-6-3-18(21,4-7-25)12-22-17(26)13-8-14(19)10-15(20)9-13/h2,5,8-10H,3-4,6-7,11-12H2,1H3,(H,22,26). The van der Waals surface area contributed by atoms with Crippen LogP contribution in [0.4, 0.5) is 4.39 Å². The van der Waals surface area contributed by atoms with Crippen molar-refractivity contribution in [2.24, 2.45) is 7.05 Å². The first kappa shape index (κ1) is 19.1. The number of alkyl halides is 1. The maximum absolute atomic E-state index is 15.0. The summed E-state index contributed by atoms with van der Waals surface area (Å²) in [4.78, 5) is 14.4. The fourth-order valence-electron chi connectivity index (χ4n) is 3.09. The summed E-state index contributed by atoms with van der Waals surface area (Å²) in [6.07, 6.45) is 2.64. The minimum absolute atomic E-state index is 0.0204. The van der Waals surface area contributed by atoms with Crippen LogP contribution < -0.4 is 5.32 Å². The minimum Gasteiger partial charge on any atom is -0.349 e. The van der Waals surface area contributed by atoms with Crippen LogP contribution >= 0.6 is 23.2 Å². The zero-order valence-corrected chi connectivity index (χ0v) is 16.0. The van der Waals surface area contributed by atoms with E-state index in [1.165, 1.54) is 12.1 Å². The van der Waals surface area contributed by atoms with Gasteiger partial charge in [-0.25, -0.2) is 4.39 Å². The number of nitrogens with one attached hydrogen (secondary N) is 1. The zero-order chi connectivity index (χ0) is 18.7. The SMILES string of the molecule is Cn1ccc(CN2CCC(F)(CNC(=O)c3cc(Cl)cc(Cl)c3)CC2)n1. The van der Waals surface area contributed by atoms with Gasteiger partial charge in [-0.2, -0.15) is 5.10 Å². The highest BCUT2D eigenvalue weighted by atomic mass is 35.5. The maximum atomic E-state index is 15.0. The van der Waals surface area contributed by atoms with E-state index in [-0.39, 0.29) is 12.5 Å². The molecule has 2 aromatic rings. The number of rotatable bonds is 5. The molecule has 0 spiro atoms. The van der Waals surface area contributed by atoms with Gasteiger partial charge >= 0.3 is 0 Å². The van der Waals surface area contributed by atoms with Gasteiger partial charge in [0, 0.05) is 48.5 Å². The van der Waals surface area contributed by atoms with Gasteiger partial charge in [0.2, 0.25) is 0 Å².